The Hall–Kier alpha value is -1.75. The Bertz CT molecular complexity index is 620. The summed E-state index contributed by atoms with van der Waals surface area (Å²) in [6.45, 7) is 0. The summed E-state index contributed by atoms with van der Waals surface area (Å²) >= 11 is 5.68. The van der Waals surface area contributed by atoms with Crippen LogP contribution in [-0.4, -0.2) is 9.55 Å². The Morgan fingerprint density at radius 2 is 1.88 bits per heavy atom. The van der Waals surface area contributed by atoms with Crippen molar-refractivity contribution in [3.05, 3.63) is 51.5 Å². The standard InChI is InChI=1S/C11H7ClF2N2O/c1-16-9(17)5-8(15-11(16)12)10-6(13)3-2-4-7(10)14/h2-5H,1H3. The summed E-state index contributed by atoms with van der Waals surface area (Å²) in [5.41, 5.74) is -0.955. The topological polar surface area (TPSA) is 34.9 Å². The Morgan fingerprint density at radius 3 is 2.41 bits per heavy atom. The molecule has 0 atom stereocenters. The minimum Gasteiger partial charge on any atom is -0.286 e. The summed E-state index contributed by atoms with van der Waals surface area (Å²) in [6, 6.07) is 4.45. The van der Waals surface area contributed by atoms with Gasteiger partial charge in [0.25, 0.3) is 5.56 Å². The fourth-order valence-corrected chi connectivity index (χ4v) is 1.56. The van der Waals surface area contributed by atoms with E-state index in [1.165, 1.54) is 13.1 Å². The third-order valence-electron chi connectivity index (χ3n) is 2.30. The maximum absolute atomic E-state index is 13.5. The van der Waals surface area contributed by atoms with Crippen LogP contribution in [0.4, 0.5) is 8.78 Å². The van der Waals surface area contributed by atoms with Gasteiger partial charge in [0.15, 0.2) is 0 Å². The zero-order valence-corrected chi connectivity index (χ0v) is 9.50. The average Bonchev–Trinajstić information content (AvgIpc) is 2.25. The SMILES string of the molecule is Cn1c(Cl)nc(-c2c(F)cccc2F)cc1=O. The minimum atomic E-state index is -0.790. The molecule has 6 heteroatoms. The smallest absolute Gasteiger partial charge is 0.254 e. The van der Waals surface area contributed by atoms with Gasteiger partial charge in [-0.3, -0.25) is 9.36 Å². The van der Waals surface area contributed by atoms with Crippen LogP contribution >= 0.6 is 11.6 Å². The molecule has 0 spiro atoms. The number of hydrogen-bond acceptors (Lipinski definition) is 2. The molecule has 0 radical (unpaired) electrons. The second-order valence-corrected chi connectivity index (χ2v) is 3.74. The van der Waals surface area contributed by atoms with E-state index in [-0.39, 0.29) is 16.5 Å². The van der Waals surface area contributed by atoms with Crippen molar-refractivity contribution in [1.82, 2.24) is 9.55 Å². The molecule has 17 heavy (non-hydrogen) atoms. The summed E-state index contributed by atoms with van der Waals surface area (Å²) in [5.74, 6) is -1.58. The number of halogens is 3. The lowest BCUT2D eigenvalue weighted by molar-refractivity contribution is 0.588. The van der Waals surface area contributed by atoms with E-state index in [1.807, 2.05) is 0 Å². The quantitative estimate of drug-likeness (QED) is 0.735. The first-order valence-electron chi connectivity index (χ1n) is 4.68. The number of benzene rings is 1. The van der Waals surface area contributed by atoms with Gasteiger partial charge in [0.2, 0.25) is 5.28 Å². The van der Waals surface area contributed by atoms with Crippen molar-refractivity contribution in [2.24, 2.45) is 7.05 Å². The molecule has 2 aromatic rings. The van der Waals surface area contributed by atoms with Crippen molar-refractivity contribution in [2.75, 3.05) is 0 Å². The second kappa shape index (κ2) is 4.25. The van der Waals surface area contributed by atoms with E-state index >= 15 is 0 Å². The van der Waals surface area contributed by atoms with Gasteiger partial charge < -0.3 is 0 Å². The van der Waals surface area contributed by atoms with Gasteiger partial charge in [-0.1, -0.05) is 6.07 Å². The van der Waals surface area contributed by atoms with Crippen LogP contribution < -0.4 is 5.56 Å². The predicted octanol–water partition coefficient (Wildman–Crippen LogP) is 2.38. The van der Waals surface area contributed by atoms with Gasteiger partial charge in [0.1, 0.15) is 11.6 Å². The third kappa shape index (κ3) is 2.06. The fourth-order valence-electron chi connectivity index (χ4n) is 1.38. The zero-order chi connectivity index (χ0) is 12.6. The van der Waals surface area contributed by atoms with Crippen molar-refractivity contribution in [2.45, 2.75) is 0 Å². The van der Waals surface area contributed by atoms with E-state index in [9.17, 15) is 13.6 Å². The van der Waals surface area contributed by atoms with Gasteiger partial charge in [-0.15, -0.1) is 0 Å². The lowest BCUT2D eigenvalue weighted by atomic mass is 10.1. The van der Waals surface area contributed by atoms with Crippen molar-refractivity contribution in [1.29, 1.82) is 0 Å². The molecule has 2 rings (SSSR count). The van der Waals surface area contributed by atoms with Crippen molar-refractivity contribution < 1.29 is 8.78 Å². The van der Waals surface area contributed by atoms with E-state index < -0.39 is 17.2 Å². The molecular formula is C11H7ClF2N2O. The summed E-state index contributed by atoms with van der Waals surface area (Å²) in [4.78, 5) is 15.2. The van der Waals surface area contributed by atoms with Crippen LogP contribution in [0.25, 0.3) is 11.3 Å². The van der Waals surface area contributed by atoms with E-state index in [0.717, 1.165) is 22.8 Å². The summed E-state index contributed by atoms with van der Waals surface area (Å²) in [6.07, 6.45) is 0. The van der Waals surface area contributed by atoms with E-state index in [2.05, 4.69) is 4.98 Å². The molecule has 0 aliphatic heterocycles. The highest BCUT2D eigenvalue weighted by Crippen LogP contribution is 2.23. The first-order chi connectivity index (χ1) is 8.00. The molecule has 88 valence electrons. The number of aromatic nitrogens is 2. The third-order valence-corrected chi connectivity index (χ3v) is 2.64. The first kappa shape index (κ1) is 11.7. The van der Waals surface area contributed by atoms with Crippen molar-refractivity contribution in [3.8, 4) is 11.3 Å². The average molecular weight is 257 g/mol. The minimum absolute atomic E-state index is 0.117. The molecule has 1 aromatic carbocycles. The molecule has 0 aliphatic carbocycles. The van der Waals surface area contributed by atoms with Crippen molar-refractivity contribution >= 4 is 11.6 Å². The van der Waals surface area contributed by atoms with Crippen LogP contribution in [0.2, 0.25) is 5.28 Å². The van der Waals surface area contributed by atoms with Crippen LogP contribution in [0.5, 0.6) is 0 Å². The van der Waals surface area contributed by atoms with E-state index in [1.54, 1.807) is 0 Å². The molecule has 3 nitrogen and oxygen atoms in total. The molecule has 0 aliphatic rings. The molecule has 0 saturated heterocycles. The summed E-state index contributed by atoms with van der Waals surface area (Å²) in [7, 11) is 1.42. The fraction of sp³-hybridized carbons (Fsp3) is 0.0909. The van der Waals surface area contributed by atoms with Crippen LogP contribution in [0.1, 0.15) is 0 Å². The molecule has 0 unspecified atom stereocenters. The number of rotatable bonds is 1. The van der Waals surface area contributed by atoms with E-state index in [4.69, 9.17) is 11.6 Å². The lowest BCUT2D eigenvalue weighted by Crippen LogP contribution is -2.18. The maximum atomic E-state index is 13.5. The van der Waals surface area contributed by atoms with Gasteiger partial charge in [-0.05, 0) is 23.7 Å². The highest BCUT2D eigenvalue weighted by molar-refractivity contribution is 6.28. The number of nitrogens with zero attached hydrogens (tertiary/aromatic N) is 2. The van der Waals surface area contributed by atoms with Gasteiger partial charge in [0, 0.05) is 13.1 Å². The molecule has 0 fully saturated rings. The first-order valence-corrected chi connectivity index (χ1v) is 5.06. The van der Waals surface area contributed by atoms with Gasteiger partial charge >= 0.3 is 0 Å². The van der Waals surface area contributed by atoms with Crippen LogP contribution in [0, 0.1) is 11.6 Å². The summed E-state index contributed by atoms with van der Waals surface area (Å²) < 4.78 is 28.0. The van der Waals surface area contributed by atoms with Gasteiger partial charge in [-0.25, -0.2) is 13.8 Å². The van der Waals surface area contributed by atoms with Crippen LogP contribution in [0.3, 0.4) is 0 Å². The lowest BCUT2D eigenvalue weighted by Gasteiger charge is -2.06. The molecule has 0 bridgehead atoms. The molecule has 1 heterocycles. The Labute approximate surface area is 100 Å². The van der Waals surface area contributed by atoms with Crippen molar-refractivity contribution in [3.63, 3.8) is 0 Å². The van der Waals surface area contributed by atoms with Crippen LogP contribution in [-0.2, 0) is 7.05 Å². The molecule has 0 saturated carbocycles. The highest BCUT2D eigenvalue weighted by atomic mass is 35.5. The Kier molecular flexibility index (Phi) is 2.93. The molecule has 1 aromatic heterocycles. The number of hydrogen-bond donors (Lipinski definition) is 0. The van der Waals surface area contributed by atoms with E-state index in [0.29, 0.717) is 0 Å². The Morgan fingerprint density at radius 1 is 1.29 bits per heavy atom. The molecule has 0 amide bonds. The predicted molar refractivity (Wildman–Crippen MR) is 59.8 cm³/mol. The van der Waals surface area contributed by atoms with Crippen LogP contribution in [0.15, 0.2) is 29.1 Å². The van der Waals surface area contributed by atoms with Gasteiger partial charge in [0.05, 0.1) is 11.3 Å². The summed E-state index contributed by atoms with van der Waals surface area (Å²) in [5, 5.41) is -0.129. The highest BCUT2D eigenvalue weighted by Gasteiger charge is 2.14. The normalized spacial score (nSPS) is 10.6. The molecule has 0 N–H and O–H groups in total. The maximum Gasteiger partial charge on any atom is 0.254 e. The Balaban J connectivity index is 2.74. The monoisotopic (exact) mass is 256 g/mol. The zero-order valence-electron chi connectivity index (χ0n) is 8.75. The largest absolute Gasteiger partial charge is 0.286 e. The molecular weight excluding hydrogens is 250 g/mol. The second-order valence-electron chi connectivity index (χ2n) is 3.40. The van der Waals surface area contributed by atoms with Gasteiger partial charge in [-0.2, -0.15) is 0 Å².